The van der Waals surface area contributed by atoms with Crippen molar-refractivity contribution in [3.63, 3.8) is 0 Å². The largest absolute Gasteiger partial charge is 0.320 e. The second-order valence-corrected chi connectivity index (χ2v) is 5.19. The van der Waals surface area contributed by atoms with Crippen molar-refractivity contribution in [2.75, 3.05) is 5.32 Å². The Bertz CT molecular complexity index is 1010. The van der Waals surface area contributed by atoms with Crippen molar-refractivity contribution in [3.05, 3.63) is 79.0 Å². The van der Waals surface area contributed by atoms with Crippen LogP contribution < -0.4 is 5.32 Å². The molecule has 0 aliphatic heterocycles. The Kier molecular flexibility index (Phi) is 3.47. The van der Waals surface area contributed by atoms with E-state index >= 15 is 0 Å². The molecule has 0 bridgehead atoms. The fraction of sp³-hybridized carbons (Fsp3) is 0. The fourth-order valence-corrected chi connectivity index (χ4v) is 2.60. The van der Waals surface area contributed by atoms with Crippen LogP contribution in [0.1, 0.15) is 10.4 Å². The maximum Gasteiger partial charge on any atom is 0.256 e. The third kappa shape index (κ3) is 2.50. The lowest BCUT2D eigenvalue weighted by molar-refractivity contribution is 0.102. The van der Waals surface area contributed by atoms with Crippen LogP contribution in [-0.4, -0.2) is 25.7 Å². The van der Waals surface area contributed by atoms with Crippen LogP contribution in [0.25, 0.3) is 16.6 Å². The van der Waals surface area contributed by atoms with Gasteiger partial charge in [-0.2, -0.15) is 5.10 Å². The number of hydrogen-bond acceptors (Lipinski definition) is 4. The highest BCUT2D eigenvalue weighted by Gasteiger charge is 2.13. The van der Waals surface area contributed by atoms with Crippen LogP contribution in [-0.2, 0) is 0 Å². The predicted octanol–water partition coefficient (Wildman–Crippen LogP) is 3.07. The van der Waals surface area contributed by atoms with Crippen molar-refractivity contribution < 1.29 is 4.79 Å². The van der Waals surface area contributed by atoms with Crippen LogP contribution in [0, 0.1) is 0 Å². The minimum atomic E-state index is -0.193. The molecule has 0 aliphatic carbocycles. The molecule has 116 valence electrons. The Morgan fingerprint density at radius 1 is 1.00 bits per heavy atom. The summed E-state index contributed by atoms with van der Waals surface area (Å²) in [5, 5.41) is 7.89. The number of carbonyl (C=O) groups is 1. The molecule has 4 aromatic rings. The lowest BCUT2D eigenvalue weighted by Crippen LogP contribution is -2.14. The molecule has 0 aliphatic rings. The summed E-state index contributed by atoms with van der Waals surface area (Å²) < 4.78 is 1.61. The molecule has 4 rings (SSSR count). The summed E-state index contributed by atoms with van der Waals surface area (Å²) in [5.74, 6) is -0.193. The number of rotatable bonds is 3. The van der Waals surface area contributed by atoms with Crippen LogP contribution >= 0.6 is 0 Å². The van der Waals surface area contributed by atoms with E-state index in [1.807, 2.05) is 48.5 Å². The number of fused-ring (bicyclic) bond motifs is 1. The summed E-state index contributed by atoms with van der Waals surface area (Å²) in [6.07, 6.45) is 4.68. The van der Waals surface area contributed by atoms with E-state index < -0.39 is 0 Å². The summed E-state index contributed by atoms with van der Waals surface area (Å²) in [5.41, 5.74) is 2.78. The number of pyridine rings is 1. The van der Waals surface area contributed by atoms with Crippen molar-refractivity contribution in [1.29, 1.82) is 0 Å². The highest BCUT2D eigenvalue weighted by atomic mass is 16.1. The fourth-order valence-electron chi connectivity index (χ4n) is 2.60. The normalized spacial score (nSPS) is 10.7. The topological polar surface area (TPSA) is 72.7 Å². The highest BCUT2D eigenvalue weighted by Crippen LogP contribution is 2.22. The van der Waals surface area contributed by atoms with Gasteiger partial charge in [0.1, 0.15) is 12.7 Å². The van der Waals surface area contributed by atoms with Crippen molar-refractivity contribution in [2.45, 2.75) is 0 Å². The van der Waals surface area contributed by atoms with Gasteiger partial charge < -0.3 is 5.32 Å². The maximum absolute atomic E-state index is 12.8. The van der Waals surface area contributed by atoms with E-state index in [9.17, 15) is 4.79 Å². The quantitative estimate of drug-likeness (QED) is 0.630. The molecular weight excluding hydrogens is 302 g/mol. The average molecular weight is 315 g/mol. The molecular formula is C18H13N5O. The molecule has 0 spiro atoms. The molecule has 0 saturated carbocycles. The highest BCUT2D eigenvalue weighted by molar-refractivity contribution is 6.12. The zero-order valence-electron chi connectivity index (χ0n) is 12.6. The van der Waals surface area contributed by atoms with Gasteiger partial charge in [-0.3, -0.25) is 9.78 Å². The van der Waals surface area contributed by atoms with Gasteiger partial charge in [-0.25, -0.2) is 9.67 Å². The number of hydrogen-bond donors (Lipinski definition) is 1. The molecule has 0 atom stereocenters. The van der Waals surface area contributed by atoms with Gasteiger partial charge in [-0.15, -0.1) is 0 Å². The molecule has 24 heavy (non-hydrogen) atoms. The van der Waals surface area contributed by atoms with Gasteiger partial charge in [-0.05, 0) is 24.3 Å². The van der Waals surface area contributed by atoms with Gasteiger partial charge >= 0.3 is 0 Å². The van der Waals surface area contributed by atoms with E-state index in [1.165, 1.54) is 6.33 Å². The van der Waals surface area contributed by atoms with E-state index in [2.05, 4.69) is 20.4 Å². The number of anilines is 1. The van der Waals surface area contributed by atoms with Crippen LogP contribution in [0.4, 0.5) is 5.69 Å². The molecule has 2 aromatic carbocycles. The summed E-state index contributed by atoms with van der Waals surface area (Å²) in [4.78, 5) is 21.0. The van der Waals surface area contributed by atoms with Crippen LogP contribution in [0.15, 0.2) is 73.4 Å². The monoisotopic (exact) mass is 315 g/mol. The van der Waals surface area contributed by atoms with Crippen molar-refractivity contribution >= 4 is 22.5 Å². The average Bonchev–Trinajstić information content (AvgIpc) is 3.16. The number of aromatic nitrogens is 4. The molecule has 0 unspecified atom stereocenters. The molecule has 0 fully saturated rings. The van der Waals surface area contributed by atoms with Gasteiger partial charge in [0.05, 0.1) is 22.5 Å². The van der Waals surface area contributed by atoms with Crippen LogP contribution in [0.2, 0.25) is 0 Å². The van der Waals surface area contributed by atoms with E-state index in [0.29, 0.717) is 11.3 Å². The van der Waals surface area contributed by atoms with E-state index in [1.54, 1.807) is 23.3 Å². The summed E-state index contributed by atoms with van der Waals surface area (Å²) in [6, 6.07) is 16.7. The van der Waals surface area contributed by atoms with E-state index in [-0.39, 0.29) is 5.91 Å². The second-order valence-electron chi connectivity index (χ2n) is 5.19. The number of amides is 1. The summed E-state index contributed by atoms with van der Waals surface area (Å²) in [6.45, 7) is 0. The molecule has 0 saturated heterocycles. The van der Waals surface area contributed by atoms with Gasteiger partial charge in [0.15, 0.2) is 0 Å². The zero-order valence-corrected chi connectivity index (χ0v) is 12.6. The first-order valence-electron chi connectivity index (χ1n) is 7.42. The Balaban J connectivity index is 1.73. The molecule has 1 amide bonds. The van der Waals surface area contributed by atoms with Crippen molar-refractivity contribution in [1.82, 2.24) is 19.7 Å². The number of nitrogens with one attached hydrogen (secondary N) is 1. The van der Waals surface area contributed by atoms with E-state index in [0.717, 1.165) is 16.6 Å². The van der Waals surface area contributed by atoms with Gasteiger partial charge in [0.2, 0.25) is 0 Å². The number of nitrogens with zero attached hydrogens (tertiary/aromatic N) is 4. The van der Waals surface area contributed by atoms with Crippen LogP contribution in [0.5, 0.6) is 0 Å². The van der Waals surface area contributed by atoms with Gasteiger partial charge in [-0.1, -0.05) is 30.3 Å². The summed E-state index contributed by atoms with van der Waals surface area (Å²) in [7, 11) is 0. The third-order valence-corrected chi connectivity index (χ3v) is 3.71. The van der Waals surface area contributed by atoms with Crippen LogP contribution in [0.3, 0.4) is 0 Å². The molecule has 0 radical (unpaired) electrons. The Morgan fingerprint density at radius 2 is 1.83 bits per heavy atom. The zero-order chi connectivity index (χ0) is 16.4. The van der Waals surface area contributed by atoms with Gasteiger partial charge in [0, 0.05) is 11.6 Å². The second kappa shape index (κ2) is 5.92. The minimum absolute atomic E-state index is 0.193. The first-order valence-corrected chi connectivity index (χ1v) is 7.42. The maximum atomic E-state index is 12.8. The lowest BCUT2D eigenvalue weighted by Gasteiger charge is -2.11. The first kappa shape index (κ1) is 14.1. The standard InChI is InChI=1S/C18H13N5O/c24-18(14-9-10-20-15-6-2-1-5-13(14)15)22-16-7-3-4-8-17(16)23-12-19-11-21-23/h1-12H,(H,22,24). The third-order valence-electron chi connectivity index (χ3n) is 3.71. The minimum Gasteiger partial charge on any atom is -0.320 e. The Hall–Kier alpha value is -3.54. The van der Waals surface area contributed by atoms with Gasteiger partial charge in [0.25, 0.3) is 5.91 Å². The first-order chi connectivity index (χ1) is 11.8. The molecule has 2 aromatic heterocycles. The van der Waals surface area contributed by atoms with Crippen molar-refractivity contribution in [3.8, 4) is 5.69 Å². The molecule has 6 heteroatoms. The van der Waals surface area contributed by atoms with E-state index in [4.69, 9.17) is 0 Å². The summed E-state index contributed by atoms with van der Waals surface area (Å²) >= 11 is 0. The molecule has 2 heterocycles. The Morgan fingerprint density at radius 3 is 2.71 bits per heavy atom. The number of benzene rings is 2. The molecule has 1 N–H and O–H groups in total. The molecule has 6 nitrogen and oxygen atoms in total. The van der Waals surface area contributed by atoms with Crippen molar-refractivity contribution in [2.24, 2.45) is 0 Å². The Labute approximate surface area is 137 Å². The number of para-hydroxylation sites is 3. The smallest absolute Gasteiger partial charge is 0.256 e. The predicted molar refractivity (Wildman–Crippen MR) is 91.1 cm³/mol. The number of carbonyl (C=O) groups excluding carboxylic acids is 1. The lowest BCUT2D eigenvalue weighted by atomic mass is 10.1. The SMILES string of the molecule is O=C(Nc1ccccc1-n1cncn1)c1ccnc2ccccc12.